The average Bonchev–Trinajstić information content (AvgIpc) is 3.07. The lowest BCUT2D eigenvalue weighted by atomic mass is 9.99. The second kappa shape index (κ2) is 5.33. The predicted octanol–water partition coefficient (Wildman–Crippen LogP) is 3.24. The first-order valence-electron chi connectivity index (χ1n) is 6.73. The summed E-state index contributed by atoms with van der Waals surface area (Å²) >= 11 is 1.49. The SMILES string of the molecule is Cc1ccc(N2C(=O)CC(C(=O)O)C2c2cccs2)cc1. The van der Waals surface area contributed by atoms with Crippen molar-refractivity contribution < 1.29 is 14.7 Å². The number of thiophene rings is 1. The molecule has 0 bridgehead atoms. The summed E-state index contributed by atoms with van der Waals surface area (Å²) in [5, 5.41) is 11.3. The van der Waals surface area contributed by atoms with Gasteiger partial charge < -0.3 is 10.0 Å². The zero-order valence-electron chi connectivity index (χ0n) is 11.5. The van der Waals surface area contributed by atoms with Crippen LogP contribution in [-0.2, 0) is 9.59 Å². The fraction of sp³-hybridized carbons (Fsp3) is 0.250. The van der Waals surface area contributed by atoms with Crippen molar-refractivity contribution >= 4 is 28.9 Å². The van der Waals surface area contributed by atoms with E-state index >= 15 is 0 Å². The van der Waals surface area contributed by atoms with E-state index in [1.807, 2.05) is 48.7 Å². The molecule has 5 heteroatoms. The highest BCUT2D eigenvalue weighted by Gasteiger charge is 2.45. The standard InChI is InChI=1S/C16H15NO3S/c1-10-4-6-11(7-5-10)17-14(18)9-12(16(19)20)15(17)13-3-2-8-21-13/h2-8,12,15H,9H2,1H3,(H,19,20). The molecule has 108 valence electrons. The molecule has 1 amide bonds. The van der Waals surface area contributed by atoms with Gasteiger partial charge in [-0.1, -0.05) is 23.8 Å². The Morgan fingerprint density at radius 1 is 1.29 bits per heavy atom. The van der Waals surface area contributed by atoms with E-state index in [9.17, 15) is 14.7 Å². The van der Waals surface area contributed by atoms with Crippen LogP contribution in [0.1, 0.15) is 22.9 Å². The van der Waals surface area contributed by atoms with Gasteiger partial charge in [-0.2, -0.15) is 0 Å². The van der Waals surface area contributed by atoms with Crippen molar-refractivity contribution in [2.45, 2.75) is 19.4 Å². The Morgan fingerprint density at radius 2 is 2.00 bits per heavy atom. The zero-order valence-corrected chi connectivity index (χ0v) is 12.3. The molecule has 0 aliphatic carbocycles. The van der Waals surface area contributed by atoms with Crippen molar-refractivity contribution in [2.24, 2.45) is 5.92 Å². The van der Waals surface area contributed by atoms with E-state index in [1.165, 1.54) is 11.3 Å². The van der Waals surface area contributed by atoms with Crippen LogP contribution in [-0.4, -0.2) is 17.0 Å². The normalized spacial score (nSPS) is 21.8. The van der Waals surface area contributed by atoms with E-state index in [2.05, 4.69) is 0 Å². The lowest BCUT2D eigenvalue weighted by Crippen LogP contribution is -2.29. The Morgan fingerprint density at radius 3 is 2.57 bits per heavy atom. The number of aliphatic carboxylic acids is 1. The van der Waals surface area contributed by atoms with Crippen molar-refractivity contribution in [2.75, 3.05) is 4.90 Å². The summed E-state index contributed by atoms with van der Waals surface area (Å²) in [4.78, 5) is 26.4. The minimum Gasteiger partial charge on any atom is -0.481 e. The second-order valence-corrected chi connectivity index (χ2v) is 6.19. The van der Waals surface area contributed by atoms with Crippen LogP contribution in [0, 0.1) is 12.8 Å². The molecule has 1 aromatic carbocycles. The molecule has 4 nitrogen and oxygen atoms in total. The lowest BCUT2D eigenvalue weighted by Gasteiger charge is -2.26. The summed E-state index contributed by atoms with van der Waals surface area (Å²) < 4.78 is 0. The smallest absolute Gasteiger partial charge is 0.309 e. The Labute approximate surface area is 126 Å². The molecule has 2 unspecified atom stereocenters. The third-order valence-corrected chi connectivity index (χ3v) is 4.73. The van der Waals surface area contributed by atoms with Crippen molar-refractivity contribution in [3.05, 3.63) is 52.2 Å². The number of amides is 1. The van der Waals surface area contributed by atoms with Crippen molar-refractivity contribution in [1.82, 2.24) is 0 Å². The van der Waals surface area contributed by atoms with Crippen LogP contribution in [0.15, 0.2) is 41.8 Å². The van der Waals surface area contributed by atoms with Gasteiger partial charge in [0.05, 0.1) is 12.0 Å². The van der Waals surface area contributed by atoms with Crippen molar-refractivity contribution in [3.8, 4) is 0 Å². The number of benzene rings is 1. The Balaban J connectivity index is 2.06. The quantitative estimate of drug-likeness (QED) is 0.947. The molecule has 1 fully saturated rings. The van der Waals surface area contributed by atoms with Crippen molar-refractivity contribution in [3.63, 3.8) is 0 Å². The number of carbonyl (C=O) groups excluding carboxylic acids is 1. The highest BCUT2D eigenvalue weighted by Crippen LogP contribution is 2.42. The van der Waals surface area contributed by atoms with Gasteiger partial charge in [0.1, 0.15) is 0 Å². The fourth-order valence-electron chi connectivity index (χ4n) is 2.75. The minimum atomic E-state index is -0.920. The van der Waals surface area contributed by atoms with Gasteiger partial charge >= 0.3 is 5.97 Å². The molecule has 0 saturated carbocycles. The molecule has 1 aliphatic rings. The molecule has 3 rings (SSSR count). The third kappa shape index (κ3) is 2.45. The van der Waals surface area contributed by atoms with Gasteiger partial charge in [0.15, 0.2) is 0 Å². The molecule has 1 saturated heterocycles. The van der Waals surface area contributed by atoms with E-state index in [0.717, 1.165) is 16.1 Å². The summed E-state index contributed by atoms with van der Waals surface area (Å²) in [6.45, 7) is 1.98. The predicted molar refractivity (Wildman–Crippen MR) is 81.5 cm³/mol. The molecule has 2 aromatic rings. The molecule has 2 heterocycles. The van der Waals surface area contributed by atoms with Crippen molar-refractivity contribution in [1.29, 1.82) is 0 Å². The maximum absolute atomic E-state index is 12.3. The summed E-state index contributed by atoms with van der Waals surface area (Å²) in [5.74, 6) is -1.75. The molecular weight excluding hydrogens is 286 g/mol. The molecule has 21 heavy (non-hydrogen) atoms. The number of anilines is 1. The zero-order chi connectivity index (χ0) is 15.0. The summed E-state index contributed by atoms with van der Waals surface area (Å²) in [7, 11) is 0. The first-order valence-corrected chi connectivity index (χ1v) is 7.61. The van der Waals surface area contributed by atoms with Gasteiger partial charge in [-0.05, 0) is 30.5 Å². The van der Waals surface area contributed by atoms with E-state index in [-0.39, 0.29) is 12.3 Å². The molecule has 0 spiro atoms. The van der Waals surface area contributed by atoms with Gasteiger partial charge in [-0.25, -0.2) is 0 Å². The fourth-order valence-corrected chi connectivity index (χ4v) is 3.63. The maximum Gasteiger partial charge on any atom is 0.309 e. The molecule has 1 aromatic heterocycles. The van der Waals surface area contributed by atoms with Gasteiger partial charge in [0.25, 0.3) is 0 Å². The van der Waals surface area contributed by atoms with Crippen LogP contribution in [0.3, 0.4) is 0 Å². The van der Waals surface area contributed by atoms with E-state index < -0.39 is 17.9 Å². The molecule has 1 N–H and O–H groups in total. The van der Waals surface area contributed by atoms with Crippen LogP contribution in [0.2, 0.25) is 0 Å². The van der Waals surface area contributed by atoms with Crippen LogP contribution in [0.25, 0.3) is 0 Å². The van der Waals surface area contributed by atoms with Crippen LogP contribution in [0.4, 0.5) is 5.69 Å². The average molecular weight is 301 g/mol. The molecule has 0 radical (unpaired) electrons. The summed E-state index contributed by atoms with van der Waals surface area (Å²) in [5.41, 5.74) is 1.86. The number of hydrogen-bond acceptors (Lipinski definition) is 3. The summed E-state index contributed by atoms with van der Waals surface area (Å²) in [6, 6.07) is 11.0. The van der Waals surface area contributed by atoms with E-state index in [0.29, 0.717) is 0 Å². The Bertz CT molecular complexity index is 663. The topological polar surface area (TPSA) is 57.6 Å². The number of aryl methyl sites for hydroxylation is 1. The Kier molecular flexibility index (Phi) is 3.51. The first-order chi connectivity index (χ1) is 10.1. The Hall–Kier alpha value is -2.14. The first kappa shape index (κ1) is 13.8. The van der Waals surface area contributed by atoms with Crippen LogP contribution in [0.5, 0.6) is 0 Å². The number of carboxylic acids is 1. The van der Waals surface area contributed by atoms with Crippen LogP contribution >= 0.6 is 11.3 Å². The van der Waals surface area contributed by atoms with Gasteiger partial charge in [0, 0.05) is 17.0 Å². The van der Waals surface area contributed by atoms with Gasteiger partial charge in [-0.15, -0.1) is 11.3 Å². The summed E-state index contributed by atoms with van der Waals surface area (Å²) in [6.07, 6.45) is 0.0474. The number of rotatable bonds is 3. The van der Waals surface area contributed by atoms with E-state index in [4.69, 9.17) is 0 Å². The number of carbonyl (C=O) groups is 2. The molecule has 1 aliphatic heterocycles. The van der Waals surface area contributed by atoms with Gasteiger partial charge in [0.2, 0.25) is 5.91 Å². The maximum atomic E-state index is 12.3. The number of carboxylic acid groups (broad SMARTS) is 1. The van der Waals surface area contributed by atoms with Crippen LogP contribution < -0.4 is 4.90 Å². The molecular formula is C16H15NO3S. The lowest BCUT2D eigenvalue weighted by molar-refractivity contribution is -0.142. The van der Waals surface area contributed by atoms with Gasteiger partial charge in [-0.3, -0.25) is 9.59 Å². The molecule has 2 atom stereocenters. The third-order valence-electron chi connectivity index (χ3n) is 3.79. The number of hydrogen-bond donors (Lipinski definition) is 1. The minimum absolute atomic E-state index is 0.0474. The second-order valence-electron chi connectivity index (χ2n) is 5.21. The largest absolute Gasteiger partial charge is 0.481 e. The highest BCUT2D eigenvalue weighted by atomic mass is 32.1. The number of nitrogens with zero attached hydrogens (tertiary/aromatic N) is 1. The highest BCUT2D eigenvalue weighted by molar-refractivity contribution is 7.10. The van der Waals surface area contributed by atoms with E-state index in [1.54, 1.807) is 4.90 Å². The monoisotopic (exact) mass is 301 g/mol.